The Labute approximate surface area is 363 Å². The summed E-state index contributed by atoms with van der Waals surface area (Å²) in [4.78, 5) is 118. The SMILES string of the molecule is C=Cc1[nH]cc(CC(CC(=O)NCC(N)=O)NC(=O)C(CC(N)=O)NC(=O)C(Cc2ccc(O)cc2)NC(=O)C(CC(N)=O)NC(=O)CSC[C@H](NC(C)=O)C(=C)C)c1/C=C\C. The number of phenols is 1. The fourth-order valence-electron chi connectivity index (χ4n) is 5.92. The molecule has 1 aromatic carbocycles. The minimum Gasteiger partial charge on any atom is -0.508 e. The van der Waals surface area contributed by atoms with Gasteiger partial charge in [-0.1, -0.05) is 43.0 Å². The number of primary amides is 3. The highest BCUT2D eigenvalue weighted by atomic mass is 32.2. The number of allylic oxidation sites excluding steroid dienone is 1. The van der Waals surface area contributed by atoms with E-state index in [0.29, 0.717) is 22.4 Å². The molecule has 9 amide bonds. The zero-order chi connectivity index (χ0) is 46.5. The van der Waals surface area contributed by atoms with Gasteiger partial charge in [-0.05, 0) is 49.6 Å². The highest BCUT2D eigenvalue weighted by Gasteiger charge is 2.32. The normalized spacial score (nSPS) is 13.3. The van der Waals surface area contributed by atoms with Gasteiger partial charge in [-0.2, -0.15) is 0 Å². The molecule has 0 bridgehead atoms. The summed E-state index contributed by atoms with van der Waals surface area (Å²) in [5, 5.41) is 25.0. The molecule has 0 aliphatic heterocycles. The average molecular weight is 881 g/mol. The Bertz CT molecular complexity index is 2020. The number of hydrogen-bond donors (Lipinski definition) is 11. The number of phenolic OH excluding ortho intramolecular Hbond substituents is 1. The summed E-state index contributed by atoms with van der Waals surface area (Å²) in [5.74, 6) is -7.33. The Kier molecular flexibility index (Phi) is 21.2. The van der Waals surface area contributed by atoms with Crippen molar-refractivity contribution in [2.75, 3.05) is 18.1 Å². The molecule has 0 saturated heterocycles. The van der Waals surface area contributed by atoms with Crippen LogP contribution in [0.2, 0.25) is 0 Å². The lowest BCUT2D eigenvalue weighted by Gasteiger charge is -2.26. The van der Waals surface area contributed by atoms with Crippen molar-refractivity contribution in [3.05, 3.63) is 77.7 Å². The highest BCUT2D eigenvalue weighted by molar-refractivity contribution is 8.00. The van der Waals surface area contributed by atoms with Gasteiger partial charge in [0.05, 0.1) is 31.2 Å². The van der Waals surface area contributed by atoms with Crippen molar-refractivity contribution >= 4 is 77.1 Å². The van der Waals surface area contributed by atoms with E-state index in [1.165, 1.54) is 31.2 Å². The first-order chi connectivity index (χ1) is 29.2. The standard InChI is InChI=1S/C41H56N10O10S/c1-6-8-28-25(18-45-29(28)7-2)14-26(15-37(57)46-19-36(44)56)48-39(59)32(17-35(43)55)51-40(60)30(13-24-9-11-27(53)12-10-24)50-41(61)31(16-34(42)54)49-38(58)21-62-20-33(22(3)4)47-23(5)52/h6-12,18,26,30-33,45,53H,2-3,13-17,19-21H2,1,4-5H3,(H2,42,54)(H2,43,55)(H2,44,56)(H,46,57)(H,47,52)(H,48,59)(H,49,58)(H,50,61)(H,51,60)/b8-6-/t26?,30?,31?,32?,33-/m0/s1. The monoisotopic (exact) mass is 880 g/mol. The third kappa shape index (κ3) is 18.6. The first-order valence-corrected chi connectivity index (χ1v) is 20.4. The van der Waals surface area contributed by atoms with Gasteiger partial charge in [0.25, 0.3) is 0 Å². The first kappa shape index (κ1) is 51.2. The molecule has 0 aliphatic carbocycles. The van der Waals surface area contributed by atoms with E-state index in [2.05, 4.69) is 50.0 Å². The van der Waals surface area contributed by atoms with E-state index in [9.17, 15) is 48.3 Å². The van der Waals surface area contributed by atoms with E-state index in [4.69, 9.17) is 17.2 Å². The number of benzene rings is 1. The molecular weight excluding hydrogens is 825 g/mol. The quantitative estimate of drug-likeness (QED) is 0.0468. The van der Waals surface area contributed by atoms with Crippen LogP contribution in [0.1, 0.15) is 62.4 Å². The molecule has 0 fully saturated rings. The Morgan fingerprint density at radius 1 is 0.758 bits per heavy atom. The van der Waals surface area contributed by atoms with Crippen LogP contribution in [0.15, 0.2) is 55.3 Å². The molecule has 62 heavy (non-hydrogen) atoms. The molecule has 14 N–H and O–H groups in total. The number of rotatable bonds is 27. The van der Waals surface area contributed by atoms with E-state index < -0.39 is 96.9 Å². The highest BCUT2D eigenvalue weighted by Crippen LogP contribution is 2.20. The summed E-state index contributed by atoms with van der Waals surface area (Å²) in [6.07, 6.45) is 4.85. The third-order valence-electron chi connectivity index (χ3n) is 8.87. The van der Waals surface area contributed by atoms with Crippen molar-refractivity contribution in [3.8, 4) is 5.75 Å². The fourth-order valence-corrected chi connectivity index (χ4v) is 6.91. The Morgan fingerprint density at radius 3 is 1.89 bits per heavy atom. The third-order valence-corrected chi connectivity index (χ3v) is 9.91. The molecule has 0 aliphatic rings. The van der Waals surface area contributed by atoms with Crippen molar-refractivity contribution in [3.63, 3.8) is 0 Å². The molecule has 1 aromatic heterocycles. The van der Waals surface area contributed by atoms with E-state index in [1.54, 1.807) is 38.3 Å². The van der Waals surface area contributed by atoms with Crippen LogP contribution in [0, 0.1) is 0 Å². The second-order valence-corrected chi connectivity index (χ2v) is 15.3. The second kappa shape index (κ2) is 25.7. The zero-order valence-corrected chi connectivity index (χ0v) is 35.7. The number of hydrogen-bond acceptors (Lipinski definition) is 11. The van der Waals surface area contributed by atoms with Gasteiger partial charge in [0.15, 0.2) is 0 Å². The molecule has 336 valence electrons. The lowest BCUT2D eigenvalue weighted by molar-refractivity contribution is -0.135. The maximum absolute atomic E-state index is 14.1. The molecule has 5 atom stereocenters. The molecule has 0 radical (unpaired) electrons. The van der Waals surface area contributed by atoms with Crippen molar-refractivity contribution in [1.82, 2.24) is 36.9 Å². The average Bonchev–Trinajstić information content (AvgIpc) is 3.56. The van der Waals surface area contributed by atoms with Crippen LogP contribution in [0.25, 0.3) is 12.2 Å². The van der Waals surface area contributed by atoms with Gasteiger partial charge in [0.1, 0.15) is 23.9 Å². The van der Waals surface area contributed by atoms with Crippen LogP contribution in [-0.4, -0.2) is 112 Å². The van der Waals surface area contributed by atoms with Crippen molar-refractivity contribution in [2.24, 2.45) is 17.2 Å². The number of carbonyl (C=O) groups is 9. The predicted molar refractivity (Wildman–Crippen MR) is 233 cm³/mol. The van der Waals surface area contributed by atoms with Crippen LogP contribution in [0.4, 0.5) is 0 Å². The van der Waals surface area contributed by atoms with E-state index in [1.807, 2.05) is 0 Å². The number of aromatic nitrogens is 1. The largest absolute Gasteiger partial charge is 0.508 e. The van der Waals surface area contributed by atoms with Crippen LogP contribution in [0.5, 0.6) is 5.75 Å². The lowest BCUT2D eigenvalue weighted by atomic mass is 9.99. The minimum atomic E-state index is -1.65. The Balaban J connectivity index is 2.41. The van der Waals surface area contributed by atoms with E-state index in [-0.39, 0.29) is 42.4 Å². The number of amides is 9. The van der Waals surface area contributed by atoms with Gasteiger partial charge in [-0.3, -0.25) is 43.2 Å². The molecule has 2 aromatic rings. The Morgan fingerprint density at radius 2 is 1.34 bits per heavy atom. The molecule has 21 heteroatoms. The summed E-state index contributed by atoms with van der Waals surface area (Å²) < 4.78 is 0. The first-order valence-electron chi connectivity index (χ1n) is 19.3. The number of H-pyrrole nitrogens is 1. The van der Waals surface area contributed by atoms with E-state index in [0.717, 1.165) is 17.3 Å². The van der Waals surface area contributed by atoms with Crippen LogP contribution < -0.4 is 49.1 Å². The molecule has 0 saturated carbocycles. The fraction of sp³-hybridized carbons (Fsp3) is 0.390. The van der Waals surface area contributed by atoms with Gasteiger partial charge in [0.2, 0.25) is 53.2 Å². The van der Waals surface area contributed by atoms with Crippen molar-refractivity contribution in [1.29, 1.82) is 0 Å². The number of carbonyl (C=O) groups excluding carboxylic acids is 9. The number of aromatic hydroxyl groups is 1. The maximum Gasteiger partial charge on any atom is 0.243 e. The zero-order valence-electron chi connectivity index (χ0n) is 34.8. The van der Waals surface area contributed by atoms with Gasteiger partial charge in [0, 0.05) is 49.0 Å². The summed E-state index contributed by atoms with van der Waals surface area (Å²) >= 11 is 1.12. The molecular formula is C41H56N10O10S. The molecule has 20 nitrogen and oxygen atoms in total. The van der Waals surface area contributed by atoms with Gasteiger partial charge in [-0.25, -0.2) is 0 Å². The van der Waals surface area contributed by atoms with Gasteiger partial charge < -0.3 is 59.2 Å². The van der Waals surface area contributed by atoms with Crippen molar-refractivity contribution < 1.29 is 48.3 Å². The van der Waals surface area contributed by atoms with Gasteiger partial charge >= 0.3 is 0 Å². The molecule has 4 unspecified atom stereocenters. The lowest BCUT2D eigenvalue weighted by Crippen LogP contribution is -2.59. The van der Waals surface area contributed by atoms with Crippen LogP contribution in [-0.2, 0) is 56.0 Å². The minimum absolute atomic E-state index is 0.0474. The summed E-state index contributed by atoms with van der Waals surface area (Å²) in [5.41, 5.74) is 19.2. The number of aromatic amines is 1. The van der Waals surface area contributed by atoms with Crippen LogP contribution >= 0.6 is 11.8 Å². The Hall–Kier alpha value is -6.90. The number of nitrogens with two attached hydrogens (primary N) is 3. The molecule has 2 rings (SSSR count). The van der Waals surface area contributed by atoms with Crippen molar-refractivity contribution in [2.45, 2.75) is 83.1 Å². The molecule has 1 heterocycles. The summed E-state index contributed by atoms with van der Waals surface area (Å²) in [6, 6.07) is -0.575. The number of nitrogens with one attached hydrogen (secondary N) is 7. The summed E-state index contributed by atoms with van der Waals surface area (Å²) in [6.45, 7) is 12.0. The maximum atomic E-state index is 14.1. The summed E-state index contributed by atoms with van der Waals surface area (Å²) in [7, 11) is 0. The van der Waals surface area contributed by atoms with Crippen LogP contribution in [0.3, 0.4) is 0 Å². The predicted octanol–water partition coefficient (Wildman–Crippen LogP) is -1.32. The topological polar surface area (TPSA) is 340 Å². The van der Waals surface area contributed by atoms with Gasteiger partial charge in [-0.15, -0.1) is 11.8 Å². The second-order valence-electron chi connectivity index (χ2n) is 14.3. The van der Waals surface area contributed by atoms with E-state index >= 15 is 0 Å². The smallest absolute Gasteiger partial charge is 0.243 e. The number of thioether (sulfide) groups is 1. The molecule has 0 spiro atoms.